The van der Waals surface area contributed by atoms with Crippen LogP contribution in [0.4, 0.5) is 0 Å². The van der Waals surface area contributed by atoms with Crippen molar-refractivity contribution in [1.29, 1.82) is 0 Å². The van der Waals surface area contributed by atoms with Gasteiger partial charge < -0.3 is 4.74 Å². The van der Waals surface area contributed by atoms with Crippen LogP contribution >= 0.6 is 0 Å². The minimum Gasteiger partial charge on any atom is -0.462 e. The summed E-state index contributed by atoms with van der Waals surface area (Å²) < 4.78 is 4.94. The number of hydrogen-bond donors (Lipinski definition) is 0. The third kappa shape index (κ3) is 3.70. The topological polar surface area (TPSA) is 43.4 Å². The van der Waals surface area contributed by atoms with Crippen molar-refractivity contribution in [3.8, 4) is 0 Å². The zero-order chi connectivity index (χ0) is 12.8. The van der Waals surface area contributed by atoms with Crippen LogP contribution in [0.3, 0.4) is 0 Å². The Hall–Kier alpha value is -1.64. The molecule has 0 unspecified atom stereocenters. The summed E-state index contributed by atoms with van der Waals surface area (Å²) in [6, 6.07) is 5.37. The molecule has 0 bridgehead atoms. The second-order valence-electron chi connectivity index (χ2n) is 3.94. The highest BCUT2D eigenvalue weighted by atomic mass is 16.5. The van der Waals surface area contributed by atoms with Crippen LogP contribution in [0.5, 0.6) is 0 Å². The fraction of sp³-hybridized carbons (Fsp3) is 0.429. The molecule has 0 saturated carbocycles. The summed E-state index contributed by atoms with van der Waals surface area (Å²) in [6.45, 7) is 5.73. The lowest BCUT2D eigenvalue weighted by Gasteiger charge is -2.08. The Morgan fingerprint density at radius 1 is 1.18 bits per heavy atom. The predicted octanol–water partition coefficient (Wildman–Crippen LogP) is 2.56. The van der Waals surface area contributed by atoms with Crippen molar-refractivity contribution < 1.29 is 14.3 Å². The summed E-state index contributed by atoms with van der Waals surface area (Å²) in [5.74, 6) is -0.180. The number of carbonyl (C=O) groups is 2. The molecule has 1 aromatic rings. The molecule has 3 nitrogen and oxygen atoms in total. The average Bonchev–Trinajstić information content (AvgIpc) is 2.29. The van der Waals surface area contributed by atoms with Crippen LogP contribution in [0.2, 0.25) is 0 Å². The monoisotopic (exact) mass is 234 g/mol. The zero-order valence-corrected chi connectivity index (χ0v) is 10.6. The first-order valence-electron chi connectivity index (χ1n) is 5.86. The van der Waals surface area contributed by atoms with Crippen molar-refractivity contribution in [3.05, 3.63) is 34.9 Å². The number of benzene rings is 1. The Bertz CT molecular complexity index is 421. The number of esters is 1. The minimum absolute atomic E-state index is 0.128. The van der Waals surface area contributed by atoms with Gasteiger partial charge in [-0.15, -0.1) is 0 Å². The van der Waals surface area contributed by atoms with E-state index in [1.54, 1.807) is 19.9 Å². The SMILES string of the molecule is CCOC(=O)c1ccc(CC(C)=O)c(CC)c1. The standard InChI is InChI=1S/C14H18O3/c1-4-11-9-13(14(16)17-5-2)7-6-12(11)8-10(3)15/h6-7,9H,4-5,8H2,1-3H3. The molecule has 1 aromatic carbocycles. The maximum absolute atomic E-state index is 11.6. The smallest absolute Gasteiger partial charge is 0.338 e. The molecule has 0 N–H and O–H groups in total. The normalized spacial score (nSPS) is 10.1. The molecule has 3 heteroatoms. The summed E-state index contributed by atoms with van der Waals surface area (Å²) in [4.78, 5) is 22.7. The van der Waals surface area contributed by atoms with Crippen LogP contribution in [0, 0.1) is 0 Å². The summed E-state index contributed by atoms with van der Waals surface area (Å²) in [7, 11) is 0. The van der Waals surface area contributed by atoms with Gasteiger partial charge >= 0.3 is 5.97 Å². The van der Waals surface area contributed by atoms with Crippen LogP contribution in [-0.4, -0.2) is 18.4 Å². The van der Waals surface area contributed by atoms with Crippen molar-refractivity contribution >= 4 is 11.8 Å². The van der Waals surface area contributed by atoms with E-state index in [2.05, 4.69) is 0 Å². The predicted molar refractivity (Wildman–Crippen MR) is 66.2 cm³/mol. The van der Waals surface area contributed by atoms with Crippen molar-refractivity contribution in [1.82, 2.24) is 0 Å². The molecule has 0 amide bonds. The molecule has 0 aromatic heterocycles. The number of ketones is 1. The molecule has 0 heterocycles. The molecule has 0 aliphatic rings. The van der Waals surface area contributed by atoms with Gasteiger partial charge in [0, 0.05) is 6.42 Å². The summed E-state index contributed by atoms with van der Waals surface area (Å²) in [6.07, 6.45) is 1.22. The first-order chi connectivity index (χ1) is 8.08. The van der Waals surface area contributed by atoms with E-state index < -0.39 is 0 Å². The van der Waals surface area contributed by atoms with E-state index in [1.165, 1.54) is 0 Å². The lowest BCUT2D eigenvalue weighted by Crippen LogP contribution is -2.07. The molecule has 92 valence electrons. The molecule has 0 saturated heterocycles. The minimum atomic E-state index is -0.309. The molecule has 17 heavy (non-hydrogen) atoms. The summed E-state index contributed by atoms with van der Waals surface area (Å²) >= 11 is 0. The van der Waals surface area contributed by atoms with E-state index in [0.29, 0.717) is 18.6 Å². The lowest BCUT2D eigenvalue weighted by molar-refractivity contribution is -0.116. The second kappa shape index (κ2) is 6.18. The number of ether oxygens (including phenoxy) is 1. The average molecular weight is 234 g/mol. The Morgan fingerprint density at radius 3 is 2.41 bits per heavy atom. The number of carbonyl (C=O) groups excluding carboxylic acids is 2. The van der Waals surface area contributed by atoms with Gasteiger partial charge in [0.2, 0.25) is 0 Å². The molecular formula is C14H18O3. The van der Waals surface area contributed by atoms with Gasteiger partial charge in [-0.1, -0.05) is 13.0 Å². The van der Waals surface area contributed by atoms with Gasteiger partial charge in [0.15, 0.2) is 0 Å². The number of Topliss-reactive ketones (excluding diaryl/α,β-unsaturated/α-hetero) is 1. The molecule has 0 radical (unpaired) electrons. The van der Waals surface area contributed by atoms with E-state index in [0.717, 1.165) is 17.5 Å². The lowest BCUT2D eigenvalue weighted by atomic mass is 9.98. The van der Waals surface area contributed by atoms with Crippen LogP contribution in [-0.2, 0) is 22.4 Å². The molecule has 0 fully saturated rings. The van der Waals surface area contributed by atoms with E-state index >= 15 is 0 Å². The largest absolute Gasteiger partial charge is 0.462 e. The third-order valence-corrected chi connectivity index (χ3v) is 2.54. The zero-order valence-electron chi connectivity index (χ0n) is 10.6. The highest BCUT2D eigenvalue weighted by Crippen LogP contribution is 2.15. The van der Waals surface area contributed by atoms with Gasteiger partial charge in [-0.05, 0) is 43.5 Å². The summed E-state index contributed by atoms with van der Waals surface area (Å²) in [5, 5.41) is 0. The van der Waals surface area contributed by atoms with Crippen LogP contribution in [0.15, 0.2) is 18.2 Å². The van der Waals surface area contributed by atoms with E-state index in [4.69, 9.17) is 4.74 Å². The molecule has 0 aliphatic heterocycles. The highest BCUT2D eigenvalue weighted by molar-refractivity contribution is 5.90. The van der Waals surface area contributed by atoms with Gasteiger partial charge in [-0.2, -0.15) is 0 Å². The third-order valence-electron chi connectivity index (χ3n) is 2.54. The first kappa shape index (κ1) is 13.4. The Balaban J connectivity index is 2.99. The van der Waals surface area contributed by atoms with Crippen LogP contribution in [0.25, 0.3) is 0 Å². The Morgan fingerprint density at radius 2 is 1.88 bits per heavy atom. The van der Waals surface area contributed by atoms with Gasteiger partial charge in [-0.25, -0.2) is 4.79 Å². The second-order valence-corrected chi connectivity index (χ2v) is 3.94. The first-order valence-corrected chi connectivity index (χ1v) is 5.86. The van der Waals surface area contributed by atoms with Gasteiger partial charge in [-0.3, -0.25) is 4.79 Å². The molecule has 0 spiro atoms. The van der Waals surface area contributed by atoms with Gasteiger partial charge in [0.05, 0.1) is 12.2 Å². The fourth-order valence-electron chi connectivity index (χ4n) is 1.74. The number of rotatable bonds is 5. The van der Waals surface area contributed by atoms with Crippen molar-refractivity contribution in [2.45, 2.75) is 33.6 Å². The Labute approximate surface area is 102 Å². The number of aryl methyl sites for hydroxylation is 1. The van der Waals surface area contributed by atoms with Crippen molar-refractivity contribution in [2.24, 2.45) is 0 Å². The van der Waals surface area contributed by atoms with Crippen LogP contribution in [0.1, 0.15) is 42.3 Å². The maximum Gasteiger partial charge on any atom is 0.338 e. The molecule has 0 aliphatic carbocycles. The van der Waals surface area contributed by atoms with E-state index in [9.17, 15) is 9.59 Å². The number of hydrogen-bond acceptors (Lipinski definition) is 3. The molecule has 1 rings (SSSR count). The maximum atomic E-state index is 11.6. The van der Waals surface area contributed by atoms with Gasteiger partial charge in [0.25, 0.3) is 0 Å². The quantitative estimate of drug-likeness (QED) is 0.735. The highest BCUT2D eigenvalue weighted by Gasteiger charge is 2.10. The van der Waals surface area contributed by atoms with Crippen molar-refractivity contribution in [3.63, 3.8) is 0 Å². The summed E-state index contributed by atoms with van der Waals surface area (Å²) in [5.41, 5.74) is 2.58. The fourth-order valence-corrected chi connectivity index (χ4v) is 1.74. The van der Waals surface area contributed by atoms with Gasteiger partial charge in [0.1, 0.15) is 5.78 Å². The Kier molecular flexibility index (Phi) is 4.88. The van der Waals surface area contributed by atoms with Crippen molar-refractivity contribution in [2.75, 3.05) is 6.61 Å². The van der Waals surface area contributed by atoms with E-state index in [-0.39, 0.29) is 11.8 Å². The molecule has 0 atom stereocenters. The van der Waals surface area contributed by atoms with E-state index in [1.807, 2.05) is 19.1 Å². The van der Waals surface area contributed by atoms with Crippen LogP contribution < -0.4 is 0 Å². The molecular weight excluding hydrogens is 216 g/mol.